The standard InChI is InChI=1S/C24H30N6O2.HI/c1-17-8-10-19(11-9-17)31-15-13-25-24(26-16-23-29-28-18(2)30(23)3)27-21-12-14-32-22-7-5-4-6-20(21)22;/h4-11,21H,12-16H2,1-3H3,(H2,25,26,27);1H. The SMILES string of the molecule is Cc1ccc(OCCNC(=NCc2nnc(C)n2C)NC2CCOc3ccccc32)cc1.I. The normalized spacial score (nSPS) is 15.1. The van der Waals surface area contributed by atoms with Crippen molar-refractivity contribution in [1.82, 2.24) is 25.4 Å². The maximum absolute atomic E-state index is 5.85. The summed E-state index contributed by atoms with van der Waals surface area (Å²) < 4.78 is 13.6. The number of rotatable bonds is 7. The lowest BCUT2D eigenvalue weighted by Crippen LogP contribution is -2.42. The Kier molecular flexibility index (Phi) is 8.93. The second kappa shape index (κ2) is 11.9. The van der Waals surface area contributed by atoms with Crippen molar-refractivity contribution in [1.29, 1.82) is 0 Å². The Morgan fingerprint density at radius 3 is 2.70 bits per heavy atom. The molecule has 1 unspecified atom stereocenters. The van der Waals surface area contributed by atoms with Crippen LogP contribution >= 0.6 is 24.0 Å². The van der Waals surface area contributed by atoms with Crippen LogP contribution in [0.3, 0.4) is 0 Å². The van der Waals surface area contributed by atoms with Crippen LogP contribution < -0.4 is 20.1 Å². The minimum atomic E-state index is 0. The van der Waals surface area contributed by atoms with Gasteiger partial charge in [0.25, 0.3) is 0 Å². The highest BCUT2D eigenvalue weighted by Gasteiger charge is 2.22. The molecule has 2 N–H and O–H groups in total. The quantitative estimate of drug-likeness (QED) is 0.198. The number of halogens is 1. The van der Waals surface area contributed by atoms with E-state index in [-0.39, 0.29) is 30.0 Å². The third-order valence-corrected chi connectivity index (χ3v) is 5.52. The van der Waals surface area contributed by atoms with Crippen LogP contribution in [0.4, 0.5) is 0 Å². The largest absolute Gasteiger partial charge is 0.493 e. The van der Waals surface area contributed by atoms with Crippen molar-refractivity contribution in [3.05, 3.63) is 71.3 Å². The number of hydrogen-bond donors (Lipinski definition) is 2. The fourth-order valence-electron chi connectivity index (χ4n) is 3.52. The second-order valence-electron chi connectivity index (χ2n) is 7.85. The molecule has 1 atom stereocenters. The Morgan fingerprint density at radius 2 is 1.94 bits per heavy atom. The van der Waals surface area contributed by atoms with E-state index >= 15 is 0 Å². The van der Waals surface area contributed by atoms with Crippen molar-refractivity contribution in [2.45, 2.75) is 32.9 Å². The molecule has 0 radical (unpaired) electrons. The van der Waals surface area contributed by atoms with E-state index in [4.69, 9.17) is 14.5 Å². The van der Waals surface area contributed by atoms with E-state index in [9.17, 15) is 0 Å². The van der Waals surface area contributed by atoms with Gasteiger partial charge in [0.05, 0.1) is 19.2 Å². The first kappa shape index (κ1) is 24.8. The van der Waals surface area contributed by atoms with E-state index in [0.29, 0.717) is 32.3 Å². The first-order chi connectivity index (χ1) is 15.6. The van der Waals surface area contributed by atoms with Crippen LogP contribution in [0, 0.1) is 13.8 Å². The predicted octanol–water partition coefficient (Wildman–Crippen LogP) is 3.69. The lowest BCUT2D eigenvalue weighted by molar-refractivity contribution is 0.261. The Bertz CT molecular complexity index is 1070. The predicted molar refractivity (Wildman–Crippen MR) is 139 cm³/mol. The van der Waals surface area contributed by atoms with Gasteiger partial charge in [0.1, 0.15) is 30.5 Å². The van der Waals surface area contributed by atoms with Crippen molar-refractivity contribution in [2.75, 3.05) is 19.8 Å². The molecule has 0 fully saturated rings. The van der Waals surface area contributed by atoms with E-state index in [2.05, 4.69) is 33.8 Å². The fourth-order valence-corrected chi connectivity index (χ4v) is 3.52. The molecule has 1 aromatic heterocycles. The highest BCUT2D eigenvalue weighted by Crippen LogP contribution is 2.31. The number of nitrogens with zero attached hydrogens (tertiary/aromatic N) is 4. The van der Waals surface area contributed by atoms with Gasteiger partial charge in [0.15, 0.2) is 11.8 Å². The van der Waals surface area contributed by atoms with Crippen molar-refractivity contribution in [2.24, 2.45) is 12.0 Å². The second-order valence-corrected chi connectivity index (χ2v) is 7.85. The number of aryl methyl sites for hydroxylation is 2. The van der Waals surface area contributed by atoms with Crippen LogP contribution in [-0.2, 0) is 13.6 Å². The Hall–Kier alpha value is -2.82. The average Bonchev–Trinajstić information content (AvgIpc) is 3.13. The minimum Gasteiger partial charge on any atom is -0.493 e. The molecular weight excluding hydrogens is 531 g/mol. The number of nitrogens with one attached hydrogen (secondary N) is 2. The first-order valence-corrected chi connectivity index (χ1v) is 10.9. The molecule has 2 aromatic carbocycles. The van der Waals surface area contributed by atoms with Gasteiger partial charge in [-0.2, -0.15) is 0 Å². The van der Waals surface area contributed by atoms with Crippen molar-refractivity contribution in [3.8, 4) is 11.5 Å². The molecule has 176 valence electrons. The van der Waals surface area contributed by atoms with Gasteiger partial charge in [0, 0.05) is 19.0 Å². The third-order valence-electron chi connectivity index (χ3n) is 5.52. The number of aliphatic imine (C=N–C) groups is 1. The van der Waals surface area contributed by atoms with Gasteiger partial charge in [0.2, 0.25) is 0 Å². The van der Waals surface area contributed by atoms with Crippen LogP contribution in [0.1, 0.15) is 35.2 Å². The summed E-state index contributed by atoms with van der Waals surface area (Å²) in [5, 5.41) is 15.3. The van der Waals surface area contributed by atoms with Gasteiger partial charge >= 0.3 is 0 Å². The molecule has 1 aliphatic rings. The van der Waals surface area contributed by atoms with E-state index < -0.39 is 0 Å². The zero-order valence-corrected chi connectivity index (χ0v) is 21.6. The van der Waals surface area contributed by atoms with Crippen LogP contribution in [0.2, 0.25) is 0 Å². The highest BCUT2D eigenvalue weighted by molar-refractivity contribution is 14.0. The zero-order valence-electron chi connectivity index (χ0n) is 19.2. The Labute approximate surface area is 211 Å². The van der Waals surface area contributed by atoms with Crippen molar-refractivity contribution < 1.29 is 9.47 Å². The molecule has 4 rings (SSSR count). The fraction of sp³-hybridized carbons (Fsp3) is 0.375. The summed E-state index contributed by atoms with van der Waals surface area (Å²) in [4.78, 5) is 4.77. The average molecular weight is 562 g/mol. The van der Waals surface area contributed by atoms with E-state index in [1.54, 1.807) is 0 Å². The van der Waals surface area contributed by atoms with E-state index in [1.807, 2.05) is 61.0 Å². The molecule has 1 aliphatic heterocycles. The summed E-state index contributed by atoms with van der Waals surface area (Å²) in [6, 6.07) is 16.3. The molecule has 2 heterocycles. The monoisotopic (exact) mass is 562 g/mol. The van der Waals surface area contributed by atoms with Crippen molar-refractivity contribution in [3.63, 3.8) is 0 Å². The molecule has 8 nitrogen and oxygen atoms in total. The summed E-state index contributed by atoms with van der Waals surface area (Å²) in [5.74, 6) is 4.16. The zero-order chi connectivity index (χ0) is 22.3. The van der Waals surface area contributed by atoms with Crippen molar-refractivity contribution >= 4 is 29.9 Å². The molecule has 3 aromatic rings. The number of ether oxygens (including phenoxy) is 2. The highest BCUT2D eigenvalue weighted by atomic mass is 127. The summed E-state index contributed by atoms with van der Waals surface area (Å²) in [5.41, 5.74) is 2.35. The molecule has 0 saturated heterocycles. The minimum absolute atomic E-state index is 0. The lowest BCUT2D eigenvalue weighted by Gasteiger charge is -2.28. The van der Waals surface area contributed by atoms with Gasteiger partial charge < -0.3 is 24.7 Å². The van der Waals surface area contributed by atoms with Gasteiger partial charge in [-0.1, -0.05) is 35.9 Å². The maximum atomic E-state index is 5.85. The van der Waals surface area contributed by atoms with Gasteiger partial charge in [-0.15, -0.1) is 34.2 Å². The lowest BCUT2D eigenvalue weighted by atomic mass is 10.0. The van der Waals surface area contributed by atoms with Gasteiger partial charge in [-0.3, -0.25) is 0 Å². The summed E-state index contributed by atoms with van der Waals surface area (Å²) in [6.07, 6.45) is 0.862. The van der Waals surface area contributed by atoms with E-state index in [0.717, 1.165) is 35.1 Å². The smallest absolute Gasteiger partial charge is 0.192 e. The maximum Gasteiger partial charge on any atom is 0.192 e. The molecule has 9 heteroatoms. The molecule has 0 bridgehead atoms. The van der Waals surface area contributed by atoms with Gasteiger partial charge in [-0.25, -0.2) is 4.99 Å². The van der Waals surface area contributed by atoms with Crippen LogP contribution in [0.5, 0.6) is 11.5 Å². The van der Waals surface area contributed by atoms with E-state index in [1.165, 1.54) is 5.56 Å². The number of aromatic nitrogens is 3. The van der Waals surface area contributed by atoms with Gasteiger partial charge in [-0.05, 0) is 32.0 Å². The molecule has 33 heavy (non-hydrogen) atoms. The number of hydrogen-bond acceptors (Lipinski definition) is 5. The van der Waals surface area contributed by atoms with Crippen LogP contribution in [0.25, 0.3) is 0 Å². The van der Waals surface area contributed by atoms with Crippen LogP contribution in [-0.4, -0.2) is 40.5 Å². The summed E-state index contributed by atoms with van der Waals surface area (Å²) >= 11 is 0. The molecule has 0 spiro atoms. The Balaban J connectivity index is 0.00000306. The number of guanidine groups is 1. The third kappa shape index (κ3) is 6.59. The van der Waals surface area contributed by atoms with Crippen LogP contribution in [0.15, 0.2) is 53.5 Å². The Morgan fingerprint density at radius 1 is 1.15 bits per heavy atom. The summed E-state index contributed by atoms with van der Waals surface area (Å²) in [6.45, 7) is 6.22. The molecule has 0 amide bonds. The molecule has 0 aliphatic carbocycles. The summed E-state index contributed by atoms with van der Waals surface area (Å²) in [7, 11) is 1.95. The number of benzene rings is 2. The molecular formula is C24H31IN6O2. The topological polar surface area (TPSA) is 85.6 Å². The number of para-hydroxylation sites is 1. The molecule has 0 saturated carbocycles. The first-order valence-electron chi connectivity index (χ1n) is 10.9. The number of fused-ring (bicyclic) bond motifs is 1.